The number of halogens is 1. The first-order valence-corrected chi connectivity index (χ1v) is 9.59. The van der Waals surface area contributed by atoms with Crippen molar-refractivity contribution in [2.75, 3.05) is 43.1 Å². The Balaban J connectivity index is 1.56. The minimum absolute atomic E-state index is 0.132. The molecule has 0 atom stereocenters. The number of amides is 1. The summed E-state index contributed by atoms with van der Waals surface area (Å²) in [6.45, 7) is 8.67. The number of anilines is 2. The minimum atomic E-state index is -0.361. The molecular formula is C22H27FN2O3. The van der Waals surface area contributed by atoms with Crippen molar-refractivity contribution in [1.82, 2.24) is 0 Å². The Morgan fingerprint density at radius 2 is 1.96 bits per heavy atom. The highest BCUT2D eigenvalue weighted by molar-refractivity contribution is 5.92. The van der Waals surface area contributed by atoms with Gasteiger partial charge < -0.3 is 19.7 Å². The Morgan fingerprint density at radius 1 is 1.21 bits per heavy atom. The zero-order chi connectivity index (χ0) is 20.1. The van der Waals surface area contributed by atoms with Crippen molar-refractivity contribution < 1.29 is 18.7 Å². The molecular weight excluding hydrogens is 359 g/mol. The Kier molecular flexibility index (Phi) is 6.52. The van der Waals surface area contributed by atoms with E-state index < -0.39 is 0 Å². The van der Waals surface area contributed by atoms with Crippen LogP contribution in [0.4, 0.5) is 15.8 Å². The molecule has 1 aliphatic heterocycles. The quantitative estimate of drug-likeness (QED) is 0.812. The number of hydrogen-bond donors (Lipinski definition) is 1. The summed E-state index contributed by atoms with van der Waals surface area (Å²) in [7, 11) is 0. The van der Waals surface area contributed by atoms with Gasteiger partial charge in [-0.1, -0.05) is 19.9 Å². The van der Waals surface area contributed by atoms with Crippen LogP contribution in [0.15, 0.2) is 36.4 Å². The largest absolute Gasteiger partial charge is 0.484 e. The van der Waals surface area contributed by atoms with Gasteiger partial charge in [0, 0.05) is 18.8 Å². The van der Waals surface area contributed by atoms with Crippen LogP contribution in [0.5, 0.6) is 5.75 Å². The molecule has 1 fully saturated rings. The lowest BCUT2D eigenvalue weighted by Gasteiger charge is -2.29. The first-order chi connectivity index (χ1) is 13.4. The van der Waals surface area contributed by atoms with Crippen molar-refractivity contribution in [1.29, 1.82) is 0 Å². The highest BCUT2D eigenvalue weighted by Gasteiger charge is 2.16. The predicted octanol–water partition coefficient (Wildman–Crippen LogP) is 4.11. The van der Waals surface area contributed by atoms with Crippen LogP contribution in [0.2, 0.25) is 0 Å². The lowest BCUT2D eigenvalue weighted by molar-refractivity contribution is -0.118. The van der Waals surface area contributed by atoms with Crippen LogP contribution in [0.1, 0.15) is 30.9 Å². The average molecular weight is 386 g/mol. The van der Waals surface area contributed by atoms with Crippen LogP contribution >= 0.6 is 0 Å². The van der Waals surface area contributed by atoms with Crippen LogP contribution < -0.4 is 15.0 Å². The van der Waals surface area contributed by atoms with Gasteiger partial charge in [0.2, 0.25) is 0 Å². The summed E-state index contributed by atoms with van der Waals surface area (Å²) in [5.41, 5.74) is 3.33. The number of nitrogens with zero attached hydrogens (tertiary/aromatic N) is 1. The monoisotopic (exact) mass is 386 g/mol. The molecule has 150 valence electrons. The third-order valence-corrected chi connectivity index (χ3v) is 4.82. The number of carbonyl (C=O) groups excluding carboxylic acids is 1. The number of rotatable bonds is 6. The van der Waals surface area contributed by atoms with Crippen molar-refractivity contribution in [3.63, 3.8) is 0 Å². The highest BCUT2D eigenvalue weighted by Crippen LogP contribution is 2.25. The first kappa shape index (κ1) is 20.1. The fourth-order valence-corrected chi connectivity index (χ4v) is 3.38. The van der Waals surface area contributed by atoms with Gasteiger partial charge in [0.15, 0.2) is 6.61 Å². The number of benzene rings is 2. The summed E-state index contributed by atoms with van der Waals surface area (Å²) in [4.78, 5) is 14.1. The van der Waals surface area contributed by atoms with Gasteiger partial charge in [0.05, 0.1) is 18.9 Å². The molecule has 1 amide bonds. The molecule has 3 rings (SSSR count). The second kappa shape index (κ2) is 9.06. The zero-order valence-corrected chi connectivity index (χ0v) is 16.6. The SMILES string of the molecule is Cc1cc(OCC(=O)Nc2ccc(N3CCOCC3)c(F)c2)ccc1C(C)C. The van der Waals surface area contributed by atoms with E-state index in [9.17, 15) is 9.18 Å². The van der Waals surface area contributed by atoms with Gasteiger partial charge in [-0.25, -0.2) is 4.39 Å². The number of carbonyl (C=O) groups is 1. The van der Waals surface area contributed by atoms with Gasteiger partial charge in [0.1, 0.15) is 11.6 Å². The molecule has 2 aromatic carbocycles. The molecule has 0 aliphatic carbocycles. The summed E-state index contributed by atoms with van der Waals surface area (Å²) in [6, 6.07) is 10.5. The third kappa shape index (κ3) is 5.01. The summed E-state index contributed by atoms with van der Waals surface area (Å²) in [5, 5.41) is 2.68. The number of aryl methyl sites for hydroxylation is 1. The van der Waals surface area contributed by atoms with Crippen molar-refractivity contribution in [2.24, 2.45) is 0 Å². The second-order valence-corrected chi connectivity index (χ2v) is 7.28. The van der Waals surface area contributed by atoms with Crippen LogP contribution in [-0.2, 0) is 9.53 Å². The van der Waals surface area contributed by atoms with Gasteiger partial charge in [-0.2, -0.15) is 0 Å². The van der Waals surface area contributed by atoms with E-state index in [1.807, 2.05) is 30.0 Å². The topological polar surface area (TPSA) is 50.8 Å². The summed E-state index contributed by atoms with van der Waals surface area (Å²) >= 11 is 0. The average Bonchev–Trinajstić information content (AvgIpc) is 2.67. The predicted molar refractivity (Wildman–Crippen MR) is 109 cm³/mol. The summed E-state index contributed by atoms with van der Waals surface area (Å²) in [5.74, 6) is 0.392. The molecule has 5 nitrogen and oxygen atoms in total. The molecule has 0 saturated carbocycles. The maximum Gasteiger partial charge on any atom is 0.262 e. The third-order valence-electron chi connectivity index (χ3n) is 4.82. The van der Waals surface area contributed by atoms with E-state index in [-0.39, 0.29) is 18.3 Å². The summed E-state index contributed by atoms with van der Waals surface area (Å²) < 4.78 is 25.3. The summed E-state index contributed by atoms with van der Waals surface area (Å²) in [6.07, 6.45) is 0. The fraction of sp³-hybridized carbons (Fsp3) is 0.409. The Labute approximate surface area is 165 Å². The molecule has 1 aliphatic rings. The van der Waals surface area contributed by atoms with Gasteiger partial charge >= 0.3 is 0 Å². The van der Waals surface area contributed by atoms with Gasteiger partial charge in [0.25, 0.3) is 5.91 Å². The molecule has 1 heterocycles. The van der Waals surface area contributed by atoms with E-state index in [0.29, 0.717) is 49.3 Å². The first-order valence-electron chi connectivity index (χ1n) is 9.59. The van der Waals surface area contributed by atoms with Crippen LogP contribution in [0.3, 0.4) is 0 Å². The van der Waals surface area contributed by atoms with Gasteiger partial charge in [-0.15, -0.1) is 0 Å². The molecule has 1 N–H and O–H groups in total. The number of hydrogen-bond acceptors (Lipinski definition) is 4. The molecule has 28 heavy (non-hydrogen) atoms. The van der Waals surface area contributed by atoms with Gasteiger partial charge in [-0.3, -0.25) is 4.79 Å². The van der Waals surface area contributed by atoms with E-state index in [0.717, 1.165) is 5.56 Å². The van der Waals surface area contributed by atoms with Crippen LogP contribution in [-0.4, -0.2) is 38.8 Å². The van der Waals surface area contributed by atoms with Crippen molar-refractivity contribution in [3.05, 3.63) is 53.3 Å². The lowest BCUT2D eigenvalue weighted by Crippen LogP contribution is -2.36. The molecule has 6 heteroatoms. The van der Waals surface area contributed by atoms with Crippen LogP contribution in [0, 0.1) is 12.7 Å². The number of ether oxygens (including phenoxy) is 2. The Morgan fingerprint density at radius 3 is 2.61 bits per heavy atom. The van der Waals surface area contributed by atoms with E-state index in [4.69, 9.17) is 9.47 Å². The smallest absolute Gasteiger partial charge is 0.262 e. The molecule has 0 spiro atoms. The number of nitrogens with one attached hydrogen (secondary N) is 1. The molecule has 0 aromatic heterocycles. The Bertz CT molecular complexity index is 833. The molecule has 2 aromatic rings. The fourth-order valence-electron chi connectivity index (χ4n) is 3.38. The number of morpholine rings is 1. The second-order valence-electron chi connectivity index (χ2n) is 7.28. The maximum atomic E-state index is 14.4. The minimum Gasteiger partial charge on any atom is -0.484 e. The maximum absolute atomic E-state index is 14.4. The van der Waals surface area contributed by atoms with E-state index >= 15 is 0 Å². The van der Waals surface area contributed by atoms with E-state index in [1.54, 1.807) is 12.1 Å². The molecule has 0 unspecified atom stereocenters. The lowest BCUT2D eigenvalue weighted by atomic mass is 9.98. The van der Waals surface area contributed by atoms with Crippen molar-refractivity contribution in [3.8, 4) is 5.75 Å². The zero-order valence-electron chi connectivity index (χ0n) is 16.6. The normalized spacial score (nSPS) is 14.2. The molecule has 0 radical (unpaired) electrons. The van der Waals surface area contributed by atoms with Crippen LogP contribution in [0.25, 0.3) is 0 Å². The van der Waals surface area contributed by atoms with E-state index in [1.165, 1.54) is 11.6 Å². The van der Waals surface area contributed by atoms with E-state index in [2.05, 4.69) is 19.2 Å². The van der Waals surface area contributed by atoms with Crippen molar-refractivity contribution in [2.45, 2.75) is 26.7 Å². The standard InChI is InChI=1S/C22H27FN2O3/c1-15(2)19-6-5-18(12-16(19)3)28-14-22(26)24-17-4-7-21(20(23)13-17)25-8-10-27-11-9-25/h4-7,12-13,15H,8-11,14H2,1-3H3,(H,24,26). The van der Waals surface area contributed by atoms with Gasteiger partial charge in [-0.05, 0) is 54.3 Å². The molecule has 1 saturated heterocycles. The Hall–Kier alpha value is -2.60. The molecule has 0 bridgehead atoms. The highest BCUT2D eigenvalue weighted by atomic mass is 19.1. The van der Waals surface area contributed by atoms with Crippen molar-refractivity contribution >= 4 is 17.3 Å².